The summed E-state index contributed by atoms with van der Waals surface area (Å²) in [6.07, 6.45) is 6.31. The van der Waals surface area contributed by atoms with Crippen LogP contribution in [0, 0.1) is 11.8 Å². The van der Waals surface area contributed by atoms with E-state index in [-0.39, 0.29) is 18.4 Å². The first-order valence-corrected chi connectivity index (χ1v) is 9.46. The van der Waals surface area contributed by atoms with Crippen molar-refractivity contribution in [2.24, 2.45) is 11.8 Å². The highest BCUT2D eigenvalue weighted by atomic mass is 16.5. The van der Waals surface area contributed by atoms with Gasteiger partial charge in [-0.05, 0) is 55.9 Å². The molecule has 1 aromatic carbocycles. The van der Waals surface area contributed by atoms with Crippen LogP contribution in [0.15, 0.2) is 24.3 Å². The van der Waals surface area contributed by atoms with E-state index in [9.17, 15) is 9.59 Å². The molecule has 0 radical (unpaired) electrons. The van der Waals surface area contributed by atoms with Gasteiger partial charge in [-0.1, -0.05) is 19.3 Å². The summed E-state index contributed by atoms with van der Waals surface area (Å²) in [5.74, 6) is 2.02. The van der Waals surface area contributed by atoms with Gasteiger partial charge in [0, 0.05) is 18.7 Å². The number of piperidine rings is 1. The molecule has 3 rings (SSSR count). The lowest BCUT2D eigenvalue weighted by Gasteiger charge is -2.41. The van der Waals surface area contributed by atoms with Crippen molar-refractivity contribution in [1.82, 2.24) is 10.2 Å². The number of likely N-dealkylation sites (tertiary alicyclic amines) is 1. The number of carbonyl (C=O) groups excluding carboxylic acids is 2. The molecule has 5 nitrogen and oxygen atoms in total. The lowest BCUT2D eigenvalue weighted by Crippen LogP contribution is -2.48. The smallest absolute Gasteiger partial charge is 0.251 e. The maximum absolute atomic E-state index is 12.4. The minimum atomic E-state index is -0.219. The number of hydrogen-bond donors (Lipinski definition) is 1. The second kappa shape index (κ2) is 8.37. The molecule has 1 saturated carbocycles. The van der Waals surface area contributed by atoms with Gasteiger partial charge >= 0.3 is 0 Å². The lowest BCUT2D eigenvalue weighted by atomic mass is 9.75. The number of benzene rings is 1. The number of hydrogen-bond acceptors (Lipinski definition) is 3. The molecule has 0 unspecified atom stereocenters. The summed E-state index contributed by atoms with van der Waals surface area (Å²) in [5, 5.41) is 2.75. The zero-order valence-corrected chi connectivity index (χ0v) is 15.0. The van der Waals surface area contributed by atoms with E-state index in [0.717, 1.165) is 31.2 Å². The maximum atomic E-state index is 12.4. The molecule has 25 heavy (non-hydrogen) atoms. The second-order valence-corrected chi connectivity index (χ2v) is 7.07. The molecule has 1 aliphatic heterocycles. The van der Waals surface area contributed by atoms with Gasteiger partial charge in [0.25, 0.3) is 5.91 Å². The molecule has 1 N–H and O–H groups in total. The molecule has 5 heteroatoms. The Hall–Kier alpha value is -2.04. The van der Waals surface area contributed by atoms with E-state index in [1.165, 1.54) is 25.7 Å². The van der Waals surface area contributed by atoms with Crippen molar-refractivity contribution >= 4 is 11.8 Å². The van der Waals surface area contributed by atoms with E-state index in [1.54, 1.807) is 24.3 Å². The summed E-state index contributed by atoms with van der Waals surface area (Å²) >= 11 is 0. The van der Waals surface area contributed by atoms with Crippen molar-refractivity contribution in [2.45, 2.75) is 39.0 Å². The van der Waals surface area contributed by atoms with Crippen LogP contribution >= 0.6 is 0 Å². The molecule has 136 valence electrons. The van der Waals surface area contributed by atoms with Crippen molar-refractivity contribution in [2.75, 3.05) is 26.2 Å². The van der Waals surface area contributed by atoms with Gasteiger partial charge in [0.05, 0.1) is 13.2 Å². The Kier molecular flexibility index (Phi) is 5.95. The van der Waals surface area contributed by atoms with Crippen LogP contribution in [0.3, 0.4) is 0 Å². The zero-order valence-electron chi connectivity index (χ0n) is 15.0. The van der Waals surface area contributed by atoms with Gasteiger partial charge in [0.1, 0.15) is 5.75 Å². The van der Waals surface area contributed by atoms with E-state index in [1.807, 2.05) is 11.8 Å². The largest absolute Gasteiger partial charge is 0.494 e. The molecule has 2 fully saturated rings. The number of carbonyl (C=O) groups is 2. The van der Waals surface area contributed by atoms with Gasteiger partial charge in [-0.3, -0.25) is 9.59 Å². The summed E-state index contributed by atoms with van der Waals surface area (Å²) < 4.78 is 5.37. The summed E-state index contributed by atoms with van der Waals surface area (Å²) in [4.78, 5) is 26.6. The van der Waals surface area contributed by atoms with Crippen molar-refractivity contribution in [3.05, 3.63) is 29.8 Å². The zero-order chi connectivity index (χ0) is 17.6. The van der Waals surface area contributed by atoms with Crippen molar-refractivity contribution in [3.63, 3.8) is 0 Å². The number of nitrogens with one attached hydrogen (secondary N) is 1. The third kappa shape index (κ3) is 4.53. The molecule has 1 aromatic rings. The molecule has 2 atom stereocenters. The van der Waals surface area contributed by atoms with Crippen LogP contribution in [0.1, 0.15) is 49.4 Å². The first-order valence-electron chi connectivity index (χ1n) is 9.46. The summed E-state index contributed by atoms with van der Waals surface area (Å²) in [6.45, 7) is 4.28. The lowest BCUT2D eigenvalue weighted by molar-refractivity contribution is -0.133. The van der Waals surface area contributed by atoms with E-state index >= 15 is 0 Å². The fraction of sp³-hybridized carbons (Fsp3) is 0.600. The molecule has 1 aliphatic carbocycles. The van der Waals surface area contributed by atoms with Crippen LogP contribution in [-0.4, -0.2) is 43.0 Å². The average Bonchev–Trinajstić information content (AvgIpc) is 2.66. The Labute approximate surface area is 149 Å². The summed E-state index contributed by atoms with van der Waals surface area (Å²) in [7, 11) is 0. The monoisotopic (exact) mass is 344 g/mol. The first kappa shape index (κ1) is 17.8. The normalized spacial score (nSPS) is 22.8. The van der Waals surface area contributed by atoms with Gasteiger partial charge in [0.15, 0.2) is 0 Å². The van der Waals surface area contributed by atoms with Crippen LogP contribution in [-0.2, 0) is 4.79 Å². The van der Waals surface area contributed by atoms with Gasteiger partial charge in [-0.25, -0.2) is 0 Å². The Morgan fingerprint density at radius 2 is 1.84 bits per heavy atom. The number of amides is 2. The van der Waals surface area contributed by atoms with Gasteiger partial charge in [-0.2, -0.15) is 0 Å². The number of rotatable bonds is 5. The Balaban J connectivity index is 1.47. The average molecular weight is 344 g/mol. The number of nitrogens with zero attached hydrogens (tertiary/aromatic N) is 1. The molecule has 2 aliphatic rings. The molecule has 1 heterocycles. The van der Waals surface area contributed by atoms with Gasteiger partial charge in [-0.15, -0.1) is 0 Å². The van der Waals surface area contributed by atoms with Crippen molar-refractivity contribution in [3.8, 4) is 5.75 Å². The minimum absolute atomic E-state index is 0.0308. The van der Waals surface area contributed by atoms with E-state index in [0.29, 0.717) is 18.1 Å². The van der Waals surface area contributed by atoms with E-state index < -0.39 is 0 Å². The van der Waals surface area contributed by atoms with E-state index in [4.69, 9.17) is 4.74 Å². The number of fused-ring (bicyclic) bond motifs is 1. The van der Waals surface area contributed by atoms with E-state index in [2.05, 4.69) is 5.32 Å². The third-order valence-electron chi connectivity index (χ3n) is 5.47. The number of ether oxygens (including phenoxy) is 1. The van der Waals surface area contributed by atoms with Crippen LogP contribution < -0.4 is 10.1 Å². The van der Waals surface area contributed by atoms with Crippen LogP contribution in [0.5, 0.6) is 5.75 Å². The van der Waals surface area contributed by atoms with Crippen LogP contribution in [0.25, 0.3) is 0 Å². The van der Waals surface area contributed by atoms with Crippen LogP contribution in [0.2, 0.25) is 0 Å². The second-order valence-electron chi connectivity index (χ2n) is 7.07. The summed E-state index contributed by atoms with van der Waals surface area (Å²) in [5.41, 5.74) is 0.544. The molecule has 0 spiro atoms. The highest BCUT2D eigenvalue weighted by Crippen LogP contribution is 2.35. The molecule has 1 saturated heterocycles. The first-order chi connectivity index (χ1) is 12.2. The quantitative estimate of drug-likeness (QED) is 0.893. The molecule has 0 aromatic heterocycles. The van der Waals surface area contributed by atoms with Crippen molar-refractivity contribution in [1.29, 1.82) is 0 Å². The Morgan fingerprint density at radius 1 is 1.12 bits per heavy atom. The summed E-state index contributed by atoms with van der Waals surface area (Å²) in [6, 6.07) is 6.98. The van der Waals surface area contributed by atoms with Crippen LogP contribution in [0.4, 0.5) is 0 Å². The predicted molar refractivity (Wildman–Crippen MR) is 96.6 cm³/mol. The highest BCUT2D eigenvalue weighted by Gasteiger charge is 2.32. The fourth-order valence-electron chi connectivity index (χ4n) is 4.07. The fourth-order valence-corrected chi connectivity index (χ4v) is 4.07. The third-order valence-corrected chi connectivity index (χ3v) is 5.47. The van der Waals surface area contributed by atoms with Crippen molar-refractivity contribution < 1.29 is 14.3 Å². The van der Waals surface area contributed by atoms with Gasteiger partial charge in [0.2, 0.25) is 5.91 Å². The highest BCUT2D eigenvalue weighted by molar-refractivity contribution is 5.96. The topological polar surface area (TPSA) is 58.6 Å². The molecule has 2 amide bonds. The Morgan fingerprint density at radius 3 is 2.56 bits per heavy atom. The maximum Gasteiger partial charge on any atom is 0.251 e. The minimum Gasteiger partial charge on any atom is -0.494 e. The molecular formula is C20H28N2O3. The SMILES string of the molecule is CCOc1ccc(C(=O)NCC(=O)N2CC[C@@H]3CCCC[C@@H]3C2)cc1. The predicted octanol–water partition coefficient (Wildman–Crippen LogP) is 2.85. The Bertz CT molecular complexity index is 599. The molecule has 0 bridgehead atoms. The van der Waals surface area contributed by atoms with Gasteiger partial charge < -0.3 is 15.0 Å². The molecular weight excluding hydrogens is 316 g/mol. The standard InChI is InChI=1S/C20H28N2O3/c1-2-25-18-9-7-16(8-10-18)20(24)21-13-19(23)22-12-11-15-5-3-4-6-17(15)14-22/h7-10,15,17H,2-6,11-14H2,1H3,(H,21,24)/t15-,17+/m0/s1.